The van der Waals surface area contributed by atoms with E-state index in [4.69, 9.17) is 19.4 Å². The molecule has 0 aliphatic heterocycles. The zero-order valence-corrected chi connectivity index (χ0v) is 84.7. The SMILES string of the molecule is Brc1ccc(-c2ccc3c(c2)c2cc(-c4ccccc4)ccc2n3-c2ccccc2)cc1.Brc1ccc(-c2ccc3c(c2)c2ccc(-c4nc(-c5ccccc5)nc(-c5ccccc5)n4)cc2n3-c2ccccc2)cc1.Brc1ccc2oc3cc(-c4ccc5c6ccccc6n(-c6ccccc6)c5c4)ccc3c2c1.CC1(C)c2cc(Br)ccc2-c2ccc(-c3ccc4c5ccccc5n(-c5ccccc5)c4c3)cc21. The van der Waals surface area contributed by atoms with E-state index in [1.165, 1.54) is 166 Å². The molecule has 21 aromatic carbocycles. The van der Waals surface area contributed by atoms with Gasteiger partial charge in [-0.3, -0.25) is 0 Å². The molecule has 27 aromatic rings. The van der Waals surface area contributed by atoms with Gasteiger partial charge >= 0.3 is 0 Å². The van der Waals surface area contributed by atoms with E-state index in [0.29, 0.717) is 17.5 Å². The third kappa shape index (κ3) is 16.5. The van der Waals surface area contributed by atoms with Crippen molar-refractivity contribution in [2.45, 2.75) is 19.3 Å². The van der Waals surface area contributed by atoms with Crippen LogP contribution in [0.4, 0.5) is 0 Å². The minimum Gasteiger partial charge on any atom is -0.456 e. The van der Waals surface area contributed by atoms with E-state index in [-0.39, 0.29) is 5.41 Å². The number of para-hydroxylation sites is 6. The van der Waals surface area contributed by atoms with E-state index >= 15 is 0 Å². The summed E-state index contributed by atoms with van der Waals surface area (Å²) in [5, 5.41) is 12.3. The van der Waals surface area contributed by atoms with Crippen LogP contribution in [0, 0.1) is 0 Å². The standard InChI is InChI=1S/C39H25BrN4.C33H24BrN.C30H18BrNO.C30H20BrN/c40-31-20-16-26(17-21-31)29-19-23-35-34(24-29)33-22-18-30(25-36(33)44(35)32-14-8-3-9-15-32)39-42-37(27-10-4-1-5-11-27)41-38(43-39)28-12-6-2-7-13-28;1-33(2)29-18-21(12-15-25(29)26-17-14-23(34)20-30(26)33)22-13-16-28-27-10-6-7-11-31(27)35(32(28)19-22)24-8-4-3-5-9-24;31-21-12-15-29-26(18-21)25-14-11-20(17-30(25)33-29)19-10-13-24-23-8-4-5-9-27(23)32(28(24)16-19)22-6-2-1-3-7-22;31-25-15-11-22(12-16-25)24-14-18-30-28(20-24)27-19-23(21-7-3-1-4-8-21)13-17-29(27)32(30)26-9-5-2-6-10-26/h1-25H;3-20H,1-2H3;1-18H;1-20H. The number of furan rings is 1. The maximum absolute atomic E-state index is 6.17. The Morgan fingerprint density at radius 3 is 0.910 bits per heavy atom. The van der Waals surface area contributed by atoms with Crippen LogP contribution >= 0.6 is 63.7 Å². The van der Waals surface area contributed by atoms with Crippen LogP contribution in [0.25, 0.3) is 233 Å². The van der Waals surface area contributed by atoms with Gasteiger partial charge in [-0.05, 0) is 266 Å². The van der Waals surface area contributed by atoms with Gasteiger partial charge in [0.1, 0.15) is 11.2 Å². The van der Waals surface area contributed by atoms with Crippen LogP contribution in [-0.2, 0) is 5.41 Å². The topological polar surface area (TPSA) is 71.5 Å². The highest BCUT2D eigenvalue weighted by Crippen LogP contribution is 2.52. The molecule has 0 radical (unpaired) electrons. The van der Waals surface area contributed by atoms with Gasteiger partial charge in [0.2, 0.25) is 0 Å². The van der Waals surface area contributed by atoms with Crippen molar-refractivity contribution in [1.29, 1.82) is 0 Å². The van der Waals surface area contributed by atoms with Crippen molar-refractivity contribution >= 4 is 173 Å². The van der Waals surface area contributed by atoms with Crippen molar-refractivity contribution in [1.82, 2.24) is 33.2 Å². The Kier molecular flexibility index (Phi) is 23.2. The fraction of sp³-hybridized carbons (Fsp3) is 0.0227. The fourth-order valence-electron chi connectivity index (χ4n) is 21.1. The summed E-state index contributed by atoms with van der Waals surface area (Å²) < 4.78 is 20.0. The zero-order valence-electron chi connectivity index (χ0n) is 78.3. The Morgan fingerprint density at radius 1 is 0.181 bits per heavy atom. The summed E-state index contributed by atoms with van der Waals surface area (Å²) in [5.41, 5.74) is 36.4. The van der Waals surface area contributed by atoms with E-state index in [9.17, 15) is 0 Å². The lowest BCUT2D eigenvalue weighted by Gasteiger charge is -2.22. The number of hydrogen-bond acceptors (Lipinski definition) is 4. The summed E-state index contributed by atoms with van der Waals surface area (Å²) in [4.78, 5) is 14.9. The summed E-state index contributed by atoms with van der Waals surface area (Å²) >= 11 is 14.4. The van der Waals surface area contributed by atoms with E-state index in [1.807, 2.05) is 72.8 Å². The van der Waals surface area contributed by atoms with Gasteiger partial charge < -0.3 is 22.7 Å². The maximum atomic E-state index is 6.17. The molecule has 12 heteroatoms. The van der Waals surface area contributed by atoms with Crippen LogP contribution in [0.1, 0.15) is 25.0 Å². The first-order chi connectivity index (χ1) is 70.8. The van der Waals surface area contributed by atoms with Crippen LogP contribution in [0.15, 0.2) is 514 Å². The highest BCUT2D eigenvalue weighted by Gasteiger charge is 2.36. The summed E-state index contributed by atoms with van der Waals surface area (Å²) in [6, 6.07) is 174. The van der Waals surface area contributed by atoms with Gasteiger partial charge in [-0.2, -0.15) is 0 Å². The Bertz CT molecular complexity index is 9560. The lowest BCUT2D eigenvalue weighted by molar-refractivity contribution is 0.660. The van der Waals surface area contributed by atoms with E-state index in [2.05, 4.69) is 514 Å². The molecule has 0 saturated heterocycles. The Morgan fingerprint density at radius 2 is 0.458 bits per heavy atom. The molecule has 6 heterocycles. The Labute approximate surface area is 866 Å². The molecule has 8 nitrogen and oxygen atoms in total. The summed E-state index contributed by atoms with van der Waals surface area (Å²) in [5.74, 6) is 1.94. The predicted molar refractivity (Wildman–Crippen MR) is 616 cm³/mol. The van der Waals surface area contributed by atoms with Crippen LogP contribution in [0.2, 0.25) is 0 Å². The van der Waals surface area contributed by atoms with Crippen molar-refractivity contribution in [3.63, 3.8) is 0 Å². The van der Waals surface area contributed by atoms with E-state index in [0.717, 1.165) is 78.8 Å². The lowest BCUT2D eigenvalue weighted by atomic mass is 9.81. The highest BCUT2D eigenvalue weighted by molar-refractivity contribution is 9.11. The number of hydrogen-bond donors (Lipinski definition) is 0. The van der Waals surface area contributed by atoms with Crippen LogP contribution in [0.3, 0.4) is 0 Å². The number of benzene rings is 21. The average Bonchev–Trinajstić information content (AvgIpc) is 1.55. The molecule has 144 heavy (non-hydrogen) atoms. The molecule has 684 valence electrons. The monoisotopic (exact) mass is 2100 g/mol. The third-order valence-electron chi connectivity index (χ3n) is 28.1. The van der Waals surface area contributed by atoms with Gasteiger partial charge in [-0.15, -0.1) is 0 Å². The van der Waals surface area contributed by atoms with Gasteiger partial charge in [0.15, 0.2) is 17.5 Å². The second-order valence-electron chi connectivity index (χ2n) is 37.1. The molecule has 0 N–H and O–H groups in total. The average molecular weight is 2110 g/mol. The number of fused-ring (bicyclic) bond motifs is 18. The van der Waals surface area contributed by atoms with Gasteiger partial charge in [0, 0.05) is 117 Å². The summed E-state index contributed by atoms with van der Waals surface area (Å²) in [7, 11) is 0. The second-order valence-corrected chi connectivity index (χ2v) is 40.7. The molecule has 28 rings (SSSR count). The van der Waals surface area contributed by atoms with E-state index < -0.39 is 0 Å². The third-order valence-corrected chi connectivity index (χ3v) is 30.1. The Balaban J connectivity index is 0.000000101. The van der Waals surface area contributed by atoms with Crippen LogP contribution in [0.5, 0.6) is 0 Å². The molecule has 1 aliphatic rings. The molecule has 0 saturated carbocycles. The highest BCUT2D eigenvalue weighted by atomic mass is 79.9. The molecule has 1 aliphatic carbocycles. The van der Waals surface area contributed by atoms with Gasteiger partial charge in [0.05, 0.1) is 44.1 Å². The van der Waals surface area contributed by atoms with Crippen molar-refractivity contribution in [3.8, 4) is 124 Å². The summed E-state index contributed by atoms with van der Waals surface area (Å²) in [6.07, 6.45) is 0. The minimum atomic E-state index is -0.0342. The van der Waals surface area contributed by atoms with Crippen LogP contribution < -0.4 is 0 Å². The lowest BCUT2D eigenvalue weighted by Crippen LogP contribution is -2.15. The quantitative estimate of drug-likeness (QED) is 0.122. The van der Waals surface area contributed by atoms with Gasteiger partial charge in [-0.1, -0.05) is 381 Å². The maximum Gasteiger partial charge on any atom is 0.164 e. The molecule has 0 spiro atoms. The minimum absolute atomic E-state index is 0.0342. The van der Waals surface area contributed by atoms with E-state index in [1.54, 1.807) is 0 Å². The molecule has 0 amide bonds. The molecule has 0 atom stereocenters. The van der Waals surface area contributed by atoms with Crippen LogP contribution in [-0.4, -0.2) is 33.2 Å². The van der Waals surface area contributed by atoms with Crippen molar-refractivity contribution in [2.24, 2.45) is 0 Å². The largest absolute Gasteiger partial charge is 0.456 e. The molecule has 0 bridgehead atoms. The van der Waals surface area contributed by atoms with Gasteiger partial charge in [0.25, 0.3) is 0 Å². The molecule has 0 unspecified atom stereocenters. The normalized spacial score (nSPS) is 12.0. The van der Waals surface area contributed by atoms with Crippen molar-refractivity contribution < 1.29 is 4.42 Å². The molecule has 6 aromatic heterocycles. The number of nitrogens with zero attached hydrogens (tertiary/aromatic N) is 7. The molecular formula is C132H87Br4N7O. The van der Waals surface area contributed by atoms with Crippen molar-refractivity contribution in [3.05, 3.63) is 520 Å². The first-order valence-electron chi connectivity index (χ1n) is 48.2. The number of halogens is 4. The number of rotatable bonds is 12. The van der Waals surface area contributed by atoms with Crippen molar-refractivity contribution in [2.75, 3.05) is 0 Å². The predicted octanol–water partition coefficient (Wildman–Crippen LogP) is 37.9. The summed E-state index contributed by atoms with van der Waals surface area (Å²) in [6.45, 7) is 4.68. The number of aromatic nitrogens is 7. The fourth-order valence-corrected chi connectivity index (χ4v) is 22.4. The second kappa shape index (κ2) is 37.5. The molecular weight excluding hydrogens is 2020 g/mol. The Hall–Kier alpha value is -16.5. The first-order valence-corrected chi connectivity index (χ1v) is 51.4. The smallest absolute Gasteiger partial charge is 0.164 e. The van der Waals surface area contributed by atoms with Gasteiger partial charge in [-0.25, -0.2) is 15.0 Å². The first kappa shape index (κ1) is 88.9. The molecule has 0 fully saturated rings. The zero-order chi connectivity index (χ0) is 96.6.